The quantitative estimate of drug-likeness (QED) is 0.746. The first-order valence-electron chi connectivity index (χ1n) is 7.76. The molecule has 1 aromatic carbocycles. The van der Waals surface area contributed by atoms with Gasteiger partial charge in [0.25, 0.3) is 0 Å². The summed E-state index contributed by atoms with van der Waals surface area (Å²) in [6.45, 7) is 0.995. The van der Waals surface area contributed by atoms with Gasteiger partial charge >= 0.3 is 0 Å². The molecule has 6 heteroatoms. The molecule has 0 spiro atoms. The first kappa shape index (κ1) is 17.1. The van der Waals surface area contributed by atoms with E-state index in [0.29, 0.717) is 42.5 Å². The maximum atomic E-state index is 12.3. The second kappa shape index (κ2) is 7.85. The van der Waals surface area contributed by atoms with Crippen LogP contribution in [0.25, 0.3) is 0 Å². The number of ether oxygens (including phenoxy) is 2. The van der Waals surface area contributed by atoms with Crippen molar-refractivity contribution in [1.29, 1.82) is 0 Å². The fourth-order valence-corrected chi connectivity index (χ4v) is 2.89. The Hall–Kier alpha value is -2.24. The van der Waals surface area contributed by atoms with Gasteiger partial charge in [0.15, 0.2) is 17.3 Å². The van der Waals surface area contributed by atoms with Crippen molar-refractivity contribution in [3.63, 3.8) is 0 Å². The molecule has 23 heavy (non-hydrogen) atoms. The van der Waals surface area contributed by atoms with Crippen molar-refractivity contribution in [1.82, 2.24) is 4.90 Å². The minimum atomic E-state index is -1.11. The molecule has 1 fully saturated rings. The van der Waals surface area contributed by atoms with Crippen LogP contribution >= 0.6 is 0 Å². The lowest BCUT2D eigenvalue weighted by Gasteiger charge is -2.33. The SMILES string of the molecule is COc1ccc(C(=O)CCC2CCN(C(=O)[O-])CC2)cc1OC. The van der Waals surface area contributed by atoms with Crippen molar-refractivity contribution in [2.24, 2.45) is 5.92 Å². The normalized spacial score (nSPS) is 15.3. The molecule has 0 radical (unpaired) electrons. The zero-order chi connectivity index (χ0) is 16.8. The Balaban J connectivity index is 1.87. The van der Waals surface area contributed by atoms with Crippen LogP contribution in [-0.4, -0.2) is 44.1 Å². The molecule has 126 valence electrons. The number of carboxylic acid groups (broad SMARTS) is 1. The van der Waals surface area contributed by atoms with Crippen molar-refractivity contribution in [2.45, 2.75) is 25.7 Å². The number of hydrogen-bond acceptors (Lipinski definition) is 5. The van der Waals surface area contributed by atoms with E-state index in [2.05, 4.69) is 0 Å². The number of rotatable bonds is 6. The fourth-order valence-electron chi connectivity index (χ4n) is 2.89. The summed E-state index contributed by atoms with van der Waals surface area (Å²) in [4.78, 5) is 24.4. The molecule has 1 heterocycles. The number of amides is 1. The molecule has 0 bridgehead atoms. The van der Waals surface area contributed by atoms with Crippen LogP contribution < -0.4 is 14.6 Å². The van der Waals surface area contributed by atoms with E-state index in [9.17, 15) is 14.7 Å². The lowest BCUT2D eigenvalue weighted by molar-refractivity contribution is -0.266. The van der Waals surface area contributed by atoms with Crippen molar-refractivity contribution in [3.8, 4) is 11.5 Å². The van der Waals surface area contributed by atoms with Crippen LogP contribution in [-0.2, 0) is 0 Å². The average Bonchev–Trinajstić information content (AvgIpc) is 2.59. The number of ketones is 1. The van der Waals surface area contributed by atoms with Crippen LogP contribution in [0.15, 0.2) is 18.2 Å². The fraction of sp³-hybridized carbons (Fsp3) is 0.529. The number of benzene rings is 1. The third-order valence-electron chi connectivity index (χ3n) is 4.36. The largest absolute Gasteiger partial charge is 0.530 e. The van der Waals surface area contributed by atoms with E-state index in [1.54, 1.807) is 25.3 Å². The van der Waals surface area contributed by atoms with Gasteiger partial charge in [-0.15, -0.1) is 0 Å². The van der Waals surface area contributed by atoms with E-state index in [1.165, 1.54) is 12.0 Å². The van der Waals surface area contributed by atoms with Crippen LogP contribution in [0.2, 0.25) is 0 Å². The molecule has 0 unspecified atom stereocenters. The summed E-state index contributed by atoms with van der Waals surface area (Å²) in [5.74, 6) is 1.59. The second-order valence-corrected chi connectivity index (χ2v) is 5.73. The highest BCUT2D eigenvalue weighted by Crippen LogP contribution is 2.29. The lowest BCUT2D eigenvalue weighted by Crippen LogP contribution is -2.45. The van der Waals surface area contributed by atoms with Crippen LogP contribution in [0, 0.1) is 5.92 Å². The van der Waals surface area contributed by atoms with Gasteiger partial charge in [0.1, 0.15) is 6.09 Å². The zero-order valence-electron chi connectivity index (χ0n) is 13.5. The number of piperidine rings is 1. The first-order valence-corrected chi connectivity index (χ1v) is 7.76. The highest BCUT2D eigenvalue weighted by molar-refractivity contribution is 5.96. The summed E-state index contributed by atoms with van der Waals surface area (Å²) in [5, 5.41) is 10.8. The van der Waals surface area contributed by atoms with E-state index >= 15 is 0 Å². The molecule has 2 rings (SSSR count). The Bertz CT molecular complexity index is 564. The molecule has 6 nitrogen and oxygen atoms in total. The summed E-state index contributed by atoms with van der Waals surface area (Å²) in [7, 11) is 3.09. The number of likely N-dealkylation sites (tertiary alicyclic amines) is 1. The smallest absolute Gasteiger partial charge is 0.163 e. The maximum Gasteiger partial charge on any atom is 0.163 e. The van der Waals surface area contributed by atoms with E-state index in [1.807, 2.05) is 0 Å². The molecule has 1 aliphatic rings. The molecule has 1 aromatic rings. The number of hydrogen-bond donors (Lipinski definition) is 0. The summed E-state index contributed by atoms with van der Waals surface area (Å²) in [6.07, 6.45) is 1.68. The molecular weight excluding hydrogens is 298 g/mol. The lowest BCUT2D eigenvalue weighted by atomic mass is 9.90. The van der Waals surface area contributed by atoms with Crippen molar-refractivity contribution in [2.75, 3.05) is 27.3 Å². The molecule has 1 aliphatic heterocycles. The molecule has 0 aromatic heterocycles. The van der Waals surface area contributed by atoms with Gasteiger partial charge in [-0.3, -0.25) is 4.79 Å². The topological polar surface area (TPSA) is 78.9 Å². The molecule has 1 saturated heterocycles. The van der Waals surface area contributed by atoms with Crippen LogP contribution in [0.4, 0.5) is 4.79 Å². The summed E-state index contributed by atoms with van der Waals surface area (Å²) in [6, 6.07) is 5.16. The Morgan fingerprint density at radius 1 is 1.17 bits per heavy atom. The van der Waals surface area contributed by atoms with Crippen molar-refractivity contribution in [3.05, 3.63) is 23.8 Å². The van der Waals surface area contributed by atoms with Gasteiger partial charge in [-0.25, -0.2) is 0 Å². The van der Waals surface area contributed by atoms with E-state index < -0.39 is 6.09 Å². The minimum absolute atomic E-state index is 0.0632. The molecule has 0 atom stereocenters. The van der Waals surface area contributed by atoms with Gasteiger partial charge in [0.2, 0.25) is 0 Å². The standard InChI is InChI=1S/C17H23NO5/c1-22-15-6-4-13(11-16(15)23-2)14(19)5-3-12-7-9-18(10-8-12)17(20)21/h4,6,11-12H,3,5,7-10H2,1-2H3,(H,20,21)/p-1. The zero-order valence-corrected chi connectivity index (χ0v) is 13.5. The Labute approximate surface area is 136 Å². The highest BCUT2D eigenvalue weighted by Gasteiger charge is 2.20. The average molecular weight is 320 g/mol. The molecule has 0 aliphatic carbocycles. The van der Waals surface area contributed by atoms with Crippen molar-refractivity contribution < 1.29 is 24.2 Å². The van der Waals surface area contributed by atoms with Crippen molar-refractivity contribution >= 4 is 11.9 Å². The molecule has 0 saturated carbocycles. The third-order valence-corrected chi connectivity index (χ3v) is 4.36. The summed E-state index contributed by atoms with van der Waals surface area (Å²) in [5.41, 5.74) is 0.606. The maximum absolute atomic E-state index is 12.3. The second-order valence-electron chi connectivity index (χ2n) is 5.73. The van der Waals surface area contributed by atoms with E-state index in [4.69, 9.17) is 9.47 Å². The van der Waals surface area contributed by atoms with Crippen LogP contribution in [0.3, 0.4) is 0 Å². The predicted molar refractivity (Wildman–Crippen MR) is 82.8 cm³/mol. The summed E-state index contributed by atoms with van der Waals surface area (Å²) < 4.78 is 10.4. The van der Waals surface area contributed by atoms with Gasteiger partial charge in [-0.05, 0) is 43.4 Å². The number of methoxy groups -OCH3 is 2. The van der Waals surface area contributed by atoms with E-state index in [0.717, 1.165) is 19.3 Å². The van der Waals surface area contributed by atoms with Crippen LogP contribution in [0.1, 0.15) is 36.0 Å². The number of carbonyl (C=O) groups is 2. The van der Waals surface area contributed by atoms with Gasteiger partial charge in [-0.1, -0.05) is 0 Å². The van der Waals surface area contributed by atoms with Gasteiger partial charge in [-0.2, -0.15) is 0 Å². The minimum Gasteiger partial charge on any atom is -0.530 e. The Kier molecular flexibility index (Phi) is 5.84. The number of nitrogens with zero attached hydrogens (tertiary/aromatic N) is 1. The summed E-state index contributed by atoms with van der Waals surface area (Å²) >= 11 is 0. The molecular formula is C17H22NO5-. The Morgan fingerprint density at radius 3 is 2.39 bits per heavy atom. The van der Waals surface area contributed by atoms with Crippen LogP contribution in [0.5, 0.6) is 11.5 Å². The van der Waals surface area contributed by atoms with Gasteiger partial charge in [0.05, 0.1) is 14.2 Å². The van der Waals surface area contributed by atoms with E-state index in [-0.39, 0.29) is 5.78 Å². The monoisotopic (exact) mass is 320 g/mol. The predicted octanol–water partition coefficient (Wildman–Crippen LogP) is 1.72. The molecule has 0 N–H and O–H groups in total. The Morgan fingerprint density at radius 2 is 1.83 bits per heavy atom. The number of Topliss-reactive ketones (excluding diaryl/α,β-unsaturated/α-hetero) is 1. The van der Waals surface area contributed by atoms with Gasteiger partial charge in [0, 0.05) is 25.1 Å². The molecule has 1 amide bonds. The van der Waals surface area contributed by atoms with Gasteiger partial charge < -0.3 is 24.3 Å². The third kappa shape index (κ3) is 4.37. The number of carbonyl (C=O) groups excluding carboxylic acids is 2. The first-order chi connectivity index (χ1) is 11.0. The highest BCUT2D eigenvalue weighted by atomic mass is 16.5.